The molecule has 5 heteroatoms. The topological polar surface area (TPSA) is 51.8 Å². The Hall–Kier alpha value is -5.22. The molecular formula is C49H45IrN3O-2. The summed E-state index contributed by atoms with van der Waals surface area (Å²) in [5.74, 6) is 0. The molecule has 4 aromatic carbocycles. The van der Waals surface area contributed by atoms with Crippen LogP contribution in [0.4, 0.5) is 0 Å². The van der Waals surface area contributed by atoms with Crippen LogP contribution in [0.15, 0.2) is 132 Å². The smallest absolute Gasteiger partial charge is 0.216 e. The number of furan rings is 1. The van der Waals surface area contributed by atoms with Crippen molar-refractivity contribution in [3.05, 3.63) is 173 Å². The summed E-state index contributed by atoms with van der Waals surface area (Å²) in [5, 5.41) is 1.41. The molecular weight excluding hydrogens is 839 g/mol. The van der Waals surface area contributed by atoms with Crippen LogP contribution in [0.25, 0.3) is 55.7 Å². The minimum atomic E-state index is -2.36. The number of pyridine rings is 3. The molecule has 1 radical (unpaired) electrons. The Bertz CT molecular complexity index is 2990. The second-order valence-corrected chi connectivity index (χ2v) is 13.6. The summed E-state index contributed by atoms with van der Waals surface area (Å²) in [7, 11) is 0. The second-order valence-electron chi connectivity index (χ2n) is 13.6. The van der Waals surface area contributed by atoms with E-state index in [1.54, 1.807) is 48.8 Å². The molecule has 0 aliphatic heterocycles. The van der Waals surface area contributed by atoms with Crippen molar-refractivity contribution in [1.82, 2.24) is 15.0 Å². The third kappa shape index (κ3) is 9.46. The quantitative estimate of drug-likeness (QED) is 0.150. The van der Waals surface area contributed by atoms with E-state index in [0.717, 1.165) is 22.1 Å². The van der Waals surface area contributed by atoms with Crippen molar-refractivity contribution in [1.29, 1.82) is 0 Å². The van der Waals surface area contributed by atoms with E-state index in [2.05, 4.69) is 27.1 Å². The van der Waals surface area contributed by atoms with Crippen molar-refractivity contribution >= 4 is 22.1 Å². The van der Waals surface area contributed by atoms with Crippen molar-refractivity contribution in [3.63, 3.8) is 0 Å². The number of aryl methyl sites for hydroxylation is 5. The molecule has 0 aliphatic rings. The van der Waals surface area contributed by atoms with Crippen molar-refractivity contribution < 1.29 is 42.3 Å². The zero-order valence-electron chi connectivity index (χ0n) is 42.9. The fourth-order valence-electron chi connectivity index (χ4n) is 5.85. The minimum absolute atomic E-state index is 0. The largest absolute Gasteiger partial charge is 0.486 e. The number of hydrogen-bond donors (Lipinski definition) is 0. The van der Waals surface area contributed by atoms with Gasteiger partial charge in [0.1, 0.15) is 0 Å². The van der Waals surface area contributed by atoms with Gasteiger partial charge in [-0.3, -0.25) is 0 Å². The van der Waals surface area contributed by atoms with Crippen LogP contribution in [0, 0.1) is 38.1 Å². The zero-order valence-corrected chi connectivity index (χ0v) is 32.3. The molecule has 0 saturated heterocycles. The normalized spacial score (nSPS) is 16.0. The molecule has 8 aromatic rings. The molecule has 0 bridgehead atoms. The van der Waals surface area contributed by atoms with Gasteiger partial charge < -0.3 is 14.4 Å². The molecule has 0 fully saturated rings. The molecule has 4 nitrogen and oxygen atoms in total. The Morgan fingerprint density at radius 1 is 0.685 bits per heavy atom. The number of aromatic nitrogens is 3. The van der Waals surface area contributed by atoms with E-state index in [1.165, 1.54) is 36.4 Å². The maximum absolute atomic E-state index is 8.61. The van der Waals surface area contributed by atoms with Crippen molar-refractivity contribution in [3.8, 4) is 33.6 Å². The first-order valence-corrected chi connectivity index (χ1v) is 17.1. The Morgan fingerprint density at radius 3 is 2.19 bits per heavy atom. The summed E-state index contributed by atoms with van der Waals surface area (Å²) < 4.78 is 108. The van der Waals surface area contributed by atoms with Crippen LogP contribution in [-0.2, 0) is 39.3 Å². The molecule has 0 aliphatic carbocycles. The predicted molar refractivity (Wildman–Crippen MR) is 219 cm³/mol. The van der Waals surface area contributed by atoms with Gasteiger partial charge >= 0.3 is 0 Å². The molecule has 0 atom stereocenters. The first-order chi connectivity index (χ1) is 30.7. The van der Waals surface area contributed by atoms with E-state index in [1.807, 2.05) is 63.2 Å². The van der Waals surface area contributed by atoms with E-state index in [9.17, 15) is 0 Å². The first-order valence-electron chi connectivity index (χ1n) is 23.6. The maximum Gasteiger partial charge on any atom is 0.216 e. The standard InChI is InChI=1S/C26H21N2O.C23H24N.Ir/c1-17-6-9-19(10-7-17)11-12-20-14-15-27-24(16-20)23-5-3-4-21-22-13-8-18(2)28-26(22)29-25(21)23;1-17-5-9-20(10-6-17)22-15-21(13-14-24-22)19-11-7-18(8-12-19)16-23(2,3)4;/h3-4,6-10,13-16H,11-12H2,1-2H3;5-9,11-15H,16H2,1-4H3;/q2*-1;/i1D3,2D3,11D2;1D3,16D2;. The van der Waals surface area contributed by atoms with Crippen molar-refractivity contribution in [2.75, 3.05) is 0 Å². The van der Waals surface area contributed by atoms with Crippen LogP contribution >= 0.6 is 0 Å². The predicted octanol–water partition coefficient (Wildman–Crippen LogP) is 12.4. The molecule has 273 valence electrons. The van der Waals surface area contributed by atoms with Crippen LogP contribution in [0.2, 0.25) is 0 Å². The first kappa shape index (κ1) is 25.0. The Labute approximate surface area is 351 Å². The molecule has 0 N–H and O–H groups in total. The maximum atomic E-state index is 8.61. The summed E-state index contributed by atoms with van der Waals surface area (Å²) >= 11 is 0. The van der Waals surface area contributed by atoms with Gasteiger partial charge in [-0.05, 0) is 96.2 Å². The Kier molecular flexibility index (Phi) is 7.79. The van der Waals surface area contributed by atoms with E-state index in [0.29, 0.717) is 44.6 Å². The molecule has 0 amide bonds. The van der Waals surface area contributed by atoms with Crippen LogP contribution in [0.1, 0.15) is 72.1 Å². The summed E-state index contributed by atoms with van der Waals surface area (Å²) in [4.78, 5) is 13.0. The van der Waals surface area contributed by atoms with E-state index in [4.69, 9.17) is 22.2 Å². The molecule has 8 rings (SSSR count). The molecule has 0 spiro atoms. The summed E-state index contributed by atoms with van der Waals surface area (Å²) in [6.07, 6.45) is 0.136. The summed E-state index contributed by atoms with van der Waals surface area (Å²) in [6, 6.07) is 38.3. The Morgan fingerprint density at radius 2 is 1.44 bits per heavy atom. The number of fused-ring (bicyclic) bond motifs is 3. The van der Waals surface area contributed by atoms with Crippen LogP contribution in [0.5, 0.6) is 0 Å². The van der Waals surface area contributed by atoms with Crippen LogP contribution in [0.3, 0.4) is 0 Å². The monoisotopic (exact) mass is 897 g/mol. The second kappa shape index (κ2) is 16.8. The fraction of sp³-hybridized carbons (Fsp3) is 0.204. The van der Waals surface area contributed by atoms with Gasteiger partial charge in [-0.15, -0.1) is 53.6 Å². The summed E-state index contributed by atoms with van der Waals surface area (Å²) in [6.45, 7) is -1.07. The van der Waals surface area contributed by atoms with Gasteiger partial charge in [-0.2, -0.15) is 0 Å². The van der Waals surface area contributed by atoms with Crippen LogP contribution in [-0.4, -0.2) is 15.0 Å². The number of nitrogens with zero attached hydrogens (tertiary/aromatic N) is 3. The molecule has 54 heavy (non-hydrogen) atoms. The minimum Gasteiger partial charge on any atom is -0.486 e. The van der Waals surface area contributed by atoms with Gasteiger partial charge in [0.2, 0.25) is 5.71 Å². The number of rotatable bonds is 7. The van der Waals surface area contributed by atoms with Crippen molar-refractivity contribution in [2.24, 2.45) is 5.41 Å². The Balaban J connectivity index is 0.000000224. The molecule has 4 aromatic heterocycles. The van der Waals surface area contributed by atoms with E-state index < -0.39 is 38.7 Å². The average molecular weight is 897 g/mol. The van der Waals surface area contributed by atoms with Gasteiger partial charge in [-0.1, -0.05) is 110 Å². The number of benzene rings is 4. The third-order valence-electron chi connectivity index (χ3n) is 8.35. The van der Waals surface area contributed by atoms with Crippen molar-refractivity contribution in [2.45, 2.75) is 60.5 Å². The van der Waals surface area contributed by atoms with Gasteiger partial charge in [0, 0.05) is 61.4 Å². The van der Waals surface area contributed by atoms with Gasteiger partial charge in [0.25, 0.3) is 0 Å². The fourth-order valence-corrected chi connectivity index (χ4v) is 5.85. The molecule has 0 saturated carbocycles. The zero-order chi connectivity index (χ0) is 48.0. The third-order valence-corrected chi connectivity index (χ3v) is 8.35. The molecule has 4 heterocycles. The van der Waals surface area contributed by atoms with Crippen LogP contribution < -0.4 is 0 Å². The molecule has 0 unspecified atom stereocenters. The SMILES string of the molecule is [2H]C([2H])([2H])c1c[c-]c(-c2cc(-c3ccc(C([2H])([2H])C(C)(C)C)cc3)ccn2)cc1.[2H]C([2H])([2H])c1ccc(C([2H])([2H])Cc2ccnc(-c3[c-]ccc4c3oc3nc(C([2H])([2H])[2H])ccc34)c2)cc1.[Ir]. The average Bonchev–Trinajstić information content (AvgIpc) is 3.64. The number of hydrogen-bond acceptors (Lipinski definition) is 4. The van der Waals surface area contributed by atoms with Gasteiger partial charge in [-0.25, -0.2) is 4.98 Å². The summed E-state index contributed by atoms with van der Waals surface area (Å²) in [5.41, 5.74) is 6.63. The van der Waals surface area contributed by atoms with E-state index in [-0.39, 0.29) is 49.1 Å². The van der Waals surface area contributed by atoms with Gasteiger partial charge in [0.05, 0.1) is 5.58 Å². The van der Waals surface area contributed by atoms with E-state index >= 15 is 0 Å². The van der Waals surface area contributed by atoms with Gasteiger partial charge in [0.15, 0.2) is 0 Å².